The van der Waals surface area contributed by atoms with Gasteiger partial charge in [-0.25, -0.2) is 8.42 Å². The quantitative estimate of drug-likeness (QED) is 0.864. The average Bonchev–Trinajstić information content (AvgIpc) is 3.43. The van der Waals surface area contributed by atoms with Crippen LogP contribution in [0.1, 0.15) is 40.7 Å². The molecule has 5 nitrogen and oxygen atoms in total. The van der Waals surface area contributed by atoms with Crippen LogP contribution in [-0.4, -0.2) is 37.3 Å². The van der Waals surface area contributed by atoms with E-state index < -0.39 is 10.0 Å². The molecule has 1 aliphatic heterocycles. The minimum atomic E-state index is -3.47. The summed E-state index contributed by atoms with van der Waals surface area (Å²) in [6, 6.07) is 14.8. The first-order chi connectivity index (χ1) is 13.5. The number of hydrogen-bond donors (Lipinski definition) is 1. The lowest BCUT2D eigenvalue weighted by Gasteiger charge is -2.31. The van der Waals surface area contributed by atoms with Crippen molar-refractivity contribution in [1.82, 2.24) is 9.62 Å². The third-order valence-electron chi connectivity index (χ3n) is 6.52. The summed E-state index contributed by atoms with van der Waals surface area (Å²) in [6.07, 6.45) is 4.64. The van der Waals surface area contributed by atoms with Gasteiger partial charge in [0.05, 0.1) is 4.90 Å². The van der Waals surface area contributed by atoms with E-state index in [4.69, 9.17) is 0 Å². The van der Waals surface area contributed by atoms with Crippen molar-refractivity contribution in [3.8, 4) is 0 Å². The largest absolute Gasteiger partial charge is 0.349 e. The zero-order valence-corrected chi connectivity index (χ0v) is 16.5. The standard InChI is InChI=1S/C22H24N2O3S/c25-22(16-5-2-1-3-6-16)23-21-13-19-11-18(21)14-24(19)28(26,27)20-10-9-15-7-4-8-17(15)12-20/h1-3,5-6,9-10,12,18-19,21H,4,7-8,11,13-14H2,(H,23,25)/t18-,19-,21-/m0/s1. The second-order valence-electron chi connectivity index (χ2n) is 8.19. The van der Waals surface area contributed by atoms with Crippen molar-refractivity contribution < 1.29 is 13.2 Å². The van der Waals surface area contributed by atoms with Gasteiger partial charge in [-0.05, 0) is 73.4 Å². The predicted octanol–water partition coefficient (Wildman–Crippen LogP) is 2.76. The third-order valence-corrected chi connectivity index (χ3v) is 8.43. The van der Waals surface area contributed by atoms with Gasteiger partial charge in [0.15, 0.2) is 0 Å². The van der Waals surface area contributed by atoms with Gasteiger partial charge >= 0.3 is 0 Å². The van der Waals surface area contributed by atoms with Crippen molar-refractivity contribution in [2.24, 2.45) is 5.92 Å². The monoisotopic (exact) mass is 396 g/mol. The van der Waals surface area contributed by atoms with E-state index in [0.717, 1.165) is 25.7 Å². The van der Waals surface area contributed by atoms with Gasteiger partial charge in [0, 0.05) is 24.2 Å². The van der Waals surface area contributed by atoms with E-state index in [0.29, 0.717) is 23.4 Å². The minimum absolute atomic E-state index is 0.0238. The molecule has 2 aliphatic carbocycles. The molecular weight excluding hydrogens is 372 g/mol. The summed E-state index contributed by atoms with van der Waals surface area (Å²) >= 11 is 0. The first-order valence-electron chi connectivity index (χ1n) is 10.0. The lowest BCUT2D eigenvalue weighted by molar-refractivity contribution is 0.0919. The summed E-state index contributed by atoms with van der Waals surface area (Å²) in [5, 5.41) is 3.11. The highest BCUT2D eigenvalue weighted by atomic mass is 32.2. The lowest BCUT2D eigenvalue weighted by Crippen LogP contribution is -2.47. The molecule has 1 saturated carbocycles. The number of benzene rings is 2. The minimum Gasteiger partial charge on any atom is -0.349 e. The smallest absolute Gasteiger partial charge is 0.251 e. The molecule has 1 heterocycles. The molecule has 3 atom stereocenters. The maximum absolute atomic E-state index is 13.2. The number of rotatable bonds is 4. The van der Waals surface area contributed by atoms with Crippen LogP contribution < -0.4 is 5.32 Å². The molecule has 1 amide bonds. The Morgan fingerprint density at radius 3 is 2.54 bits per heavy atom. The summed E-state index contributed by atoms with van der Waals surface area (Å²) in [5.74, 6) is 0.105. The van der Waals surface area contributed by atoms with Gasteiger partial charge in [-0.2, -0.15) is 4.31 Å². The second-order valence-corrected chi connectivity index (χ2v) is 10.1. The normalized spacial score (nSPS) is 26.4. The van der Waals surface area contributed by atoms with Gasteiger partial charge in [-0.15, -0.1) is 0 Å². The molecule has 0 unspecified atom stereocenters. The molecule has 146 valence electrons. The Morgan fingerprint density at radius 1 is 1.00 bits per heavy atom. The Hall–Kier alpha value is -2.18. The molecule has 2 bridgehead atoms. The number of amides is 1. The van der Waals surface area contributed by atoms with Gasteiger partial charge < -0.3 is 5.32 Å². The number of sulfonamides is 1. The molecule has 1 N–H and O–H groups in total. The highest BCUT2D eigenvalue weighted by molar-refractivity contribution is 7.89. The summed E-state index contributed by atoms with van der Waals surface area (Å²) < 4.78 is 28.1. The van der Waals surface area contributed by atoms with Crippen LogP contribution in [0.4, 0.5) is 0 Å². The Morgan fingerprint density at radius 2 is 1.79 bits per heavy atom. The molecule has 0 radical (unpaired) electrons. The summed E-state index contributed by atoms with van der Waals surface area (Å²) in [6.45, 7) is 0.490. The van der Waals surface area contributed by atoms with E-state index in [2.05, 4.69) is 5.32 Å². The fraction of sp³-hybridized carbons (Fsp3) is 0.409. The SMILES string of the molecule is O=C(N[C@H]1C[C@@H]2C[C@H]1CN2S(=O)(=O)c1ccc2c(c1)CCC2)c1ccccc1. The van der Waals surface area contributed by atoms with Crippen molar-refractivity contribution in [1.29, 1.82) is 0 Å². The number of piperidine rings is 1. The zero-order valence-electron chi connectivity index (χ0n) is 15.7. The van der Waals surface area contributed by atoms with Crippen LogP contribution in [0, 0.1) is 5.92 Å². The van der Waals surface area contributed by atoms with Crippen molar-refractivity contribution in [3.63, 3.8) is 0 Å². The second kappa shape index (κ2) is 6.71. The van der Waals surface area contributed by atoms with Gasteiger partial charge in [-0.3, -0.25) is 4.79 Å². The third kappa shape index (κ3) is 2.95. The Labute approximate surface area is 165 Å². The molecule has 0 spiro atoms. The molecule has 6 heteroatoms. The molecular formula is C22H24N2O3S. The molecule has 3 aliphatic rings. The van der Waals surface area contributed by atoms with Crippen LogP contribution in [0.5, 0.6) is 0 Å². The van der Waals surface area contributed by atoms with E-state index in [1.54, 1.807) is 22.5 Å². The molecule has 1 saturated heterocycles. The maximum atomic E-state index is 13.2. The number of carbonyl (C=O) groups excluding carboxylic acids is 1. The van der Waals surface area contributed by atoms with E-state index in [1.807, 2.05) is 30.3 Å². The Kier molecular flexibility index (Phi) is 4.29. The van der Waals surface area contributed by atoms with Crippen molar-refractivity contribution in [3.05, 3.63) is 65.2 Å². The molecule has 2 aromatic carbocycles. The first-order valence-corrected chi connectivity index (χ1v) is 11.5. The fourth-order valence-corrected chi connectivity index (χ4v) is 6.82. The van der Waals surface area contributed by atoms with Gasteiger partial charge in [0.1, 0.15) is 0 Å². The van der Waals surface area contributed by atoms with Crippen molar-refractivity contribution in [2.75, 3.05) is 6.54 Å². The summed E-state index contributed by atoms with van der Waals surface area (Å²) in [5.41, 5.74) is 3.11. The Bertz CT molecular complexity index is 1020. The number of hydrogen-bond acceptors (Lipinski definition) is 3. The van der Waals surface area contributed by atoms with Gasteiger partial charge in [0.2, 0.25) is 10.0 Å². The lowest BCUT2D eigenvalue weighted by atomic mass is 10.0. The molecule has 5 rings (SSSR count). The predicted molar refractivity (Wildman–Crippen MR) is 107 cm³/mol. The molecule has 28 heavy (non-hydrogen) atoms. The van der Waals surface area contributed by atoms with Crippen molar-refractivity contribution >= 4 is 15.9 Å². The fourth-order valence-electron chi connectivity index (χ4n) is 5.07. The van der Waals surface area contributed by atoms with Crippen LogP contribution in [0.2, 0.25) is 0 Å². The number of fused-ring (bicyclic) bond motifs is 3. The Balaban J connectivity index is 1.30. The summed E-state index contributed by atoms with van der Waals surface area (Å²) in [4.78, 5) is 12.9. The first kappa shape index (κ1) is 17.9. The van der Waals surface area contributed by atoms with Crippen LogP contribution in [-0.2, 0) is 22.9 Å². The number of carbonyl (C=O) groups is 1. The van der Waals surface area contributed by atoms with E-state index in [1.165, 1.54) is 11.1 Å². The van der Waals surface area contributed by atoms with Crippen LogP contribution >= 0.6 is 0 Å². The van der Waals surface area contributed by atoms with Gasteiger partial charge in [-0.1, -0.05) is 24.3 Å². The summed E-state index contributed by atoms with van der Waals surface area (Å²) in [7, 11) is -3.47. The van der Waals surface area contributed by atoms with Crippen LogP contribution in [0.3, 0.4) is 0 Å². The van der Waals surface area contributed by atoms with E-state index in [-0.39, 0.29) is 23.9 Å². The number of nitrogens with zero attached hydrogens (tertiary/aromatic N) is 1. The van der Waals surface area contributed by atoms with Gasteiger partial charge in [0.25, 0.3) is 5.91 Å². The number of nitrogens with one attached hydrogen (secondary N) is 1. The molecule has 2 fully saturated rings. The van der Waals surface area contributed by atoms with Crippen molar-refractivity contribution in [2.45, 2.75) is 49.1 Å². The number of aryl methyl sites for hydroxylation is 2. The molecule has 0 aromatic heterocycles. The van der Waals surface area contributed by atoms with Crippen LogP contribution in [0.15, 0.2) is 53.4 Å². The molecule has 2 aromatic rings. The average molecular weight is 397 g/mol. The highest BCUT2D eigenvalue weighted by Crippen LogP contribution is 2.41. The van der Waals surface area contributed by atoms with E-state index in [9.17, 15) is 13.2 Å². The zero-order chi connectivity index (χ0) is 19.3. The maximum Gasteiger partial charge on any atom is 0.251 e. The van der Waals surface area contributed by atoms with E-state index >= 15 is 0 Å². The van der Waals surface area contributed by atoms with Crippen LogP contribution in [0.25, 0.3) is 0 Å². The highest BCUT2D eigenvalue weighted by Gasteiger charge is 2.49. The topological polar surface area (TPSA) is 66.5 Å².